The van der Waals surface area contributed by atoms with Crippen molar-refractivity contribution in [3.8, 4) is 51.6 Å². The maximum Gasteiger partial charge on any atom is 0.252 e. The number of hydrogen-bond acceptors (Lipinski definition) is 14. The Morgan fingerprint density at radius 1 is 0.690 bits per heavy atom. The first-order chi connectivity index (χ1) is 34.5. The molecule has 0 spiro atoms. The van der Waals surface area contributed by atoms with Crippen LogP contribution in [0.15, 0.2) is 129 Å². The van der Waals surface area contributed by atoms with Crippen LogP contribution in [0.1, 0.15) is 65.4 Å². The minimum absolute atomic E-state index is 0.168. The predicted octanol–water partition coefficient (Wildman–Crippen LogP) is 7.46. The highest BCUT2D eigenvalue weighted by molar-refractivity contribution is 6.11. The van der Waals surface area contributed by atoms with Gasteiger partial charge in [0.2, 0.25) is 11.8 Å². The summed E-state index contributed by atoms with van der Waals surface area (Å²) in [4.78, 5) is 59.9. The molecule has 2 aliphatic heterocycles. The van der Waals surface area contributed by atoms with Gasteiger partial charge in [0.25, 0.3) is 5.91 Å². The number of fused-ring (bicyclic) bond motifs is 2. The molecule has 10 rings (SSSR count). The van der Waals surface area contributed by atoms with Crippen LogP contribution in [-0.2, 0) is 9.59 Å². The fourth-order valence-electron chi connectivity index (χ4n) is 9.60. The number of benzene rings is 2. The van der Waals surface area contributed by atoms with Gasteiger partial charge in [-0.25, -0.2) is 9.97 Å². The first-order valence-electron chi connectivity index (χ1n) is 22.8. The summed E-state index contributed by atoms with van der Waals surface area (Å²) in [5.41, 5.74) is 23.4. The summed E-state index contributed by atoms with van der Waals surface area (Å²) in [7, 11) is 0. The topological polar surface area (TPSA) is 265 Å². The molecular formula is C52H46N14O5. The van der Waals surface area contributed by atoms with Crippen LogP contribution in [0, 0.1) is 11.3 Å². The Balaban J connectivity index is 0.909. The molecule has 0 bridgehead atoms. The third-order valence-electron chi connectivity index (χ3n) is 13.0. The molecule has 6 N–H and O–H groups in total. The number of likely N-dealkylation sites (tertiary alicyclic amines) is 2. The number of aromatic nitrogens is 8. The number of nitrogen functional groups attached to an aromatic ring is 2. The van der Waals surface area contributed by atoms with E-state index in [2.05, 4.69) is 34.2 Å². The highest BCUT2D eigenvalue weighted by Gasteiger charge is 2.36. The molecule has 8 aromatic rings. The summed E-state index contributed by atoms with van der Waals surface area (Å²) in [5.74, 6) is 1.48. The number of rotatable bonds is 12. The van der Waals surface area contributed by atoms with Crippen molar-refractivity contribution in [2.45, 2.75) is 43.8 Å². The van der Waals surface area contributed by atoms with E-state index in [4.69, 9.17) is 41.9 Å². The van der Waals surface area contributed by atoms with E-state index in [1.54, 1.807) is 68.1 Å². The minimum atomic E-state index is -0.680. The second kappa shape index (κ2) is 18.9. The van der Waals surface area contributed by atoms with Crippen LogP contribution in [0.5, 0.6) is 23.0 Å². The molecular weight excluding hydrogens is 901 g/mol. The SMILES string of the molecule is C=CC(=O)N1CCC[C@@H](n2nc(-c3ccc(Oc4ccnc(C5CC[C@@H](n6nc(-c7ccc(Oc8ccncc8)cc7)c7c(N)ncc(C#N)c76)CN5C(=O)C=C)c4)cc3)c3c(N)ncc(C(N)=O)c32)C1. The van der Waals surface area contributed by atoms with Crippen molar-refractivity contribution in [1.82, 2.24) is 49.3 Å². The van der Waals surface area contributed by atoms with Crippen molar-refractivity contribution >= 4 is 51.2 Å². The predicted molar refractivity (Wildman–Crippen MR) is 265 cm³/mol. The van der Waals surface area contributed by atoms with Gasteiger partial charge in [-0.1, -0.05) is 13.2 Å². The highest BCUT2D eigenvalue weighted by Crippen LogP contribution is 2.42. The lowest BCUT2D eigenvalue weighted by atomic mass is 9.95. The summed E-state index contributed by atoms with van der Waals surface area (Å²) < 4.78 is 15.9. The van der Waals surface area contributed by atoms with Gasteiger partial charge in [-0.05, 0) is 105 Å². The number of nitrogens with zero attached hydrogens (tertiary/aromatic N) is 11. The van der Waals surface area contributed by atoms with Gasteiger partial charge in [-0.15, -0.1) is 0 Å². The Morgan fingerprint density at radius 3 is 1.90 bits per heavy atom. The number of nitriles is 1. The molecule has 6 aromatic heterocycles. The molecule has 71 heavy (non-hydrogen) atoms. The third-order valence-corrected chi connectivity index (χ3v) is 13.0. The van der Waals surface area contributed by atoms with E-state index in [1.807, 2.05) is 42.5 Å². The molecule has 354 valence electrons. The molecule has 8 heterocycles. The fourth-order valence-corrected chi connectivity index (χ4v) is 9.60. The maximum absolute atomic E-state index is 13.7. The maximum atomic E-state index is 13.7. The number of amides is 3. The van der Waals surface area contributed by atoms with E-state index in [1.165, 1.54) is 24.5 Å². The fraction of sp³-hybridized carbons (Fsp3) is 0.192. The van der Waals surface area contributed by atoms with Crippen LogP contribution in [-0.4, -0.2) is 86.7 Å². The number of ether oxygens (including phenoxy) is 2. The molecule has 2 aliphatic rings. The second-order valence-electron chi connectivity index (χ2n) is 17.2. The lowest BCUT2D eigenvalue weighted by Crippen LogP contribution is -2.42. The molecule has 2 fully saturated rings. The molecule has 0 aliphatic carbocycles. The number of primary amides is 1. The van der Waals surface area contributed by atoms with Crippen molar-refractivity contribution < 1.29 is 23.9 Å². The standard InChI is InChI=1S/C52H46N14O5/c1-3-42(67)63-23-5-6-33(28-63)66-49-39(52(56)69)27-60-51(55)45(49)47(62-66)31-9-14-36(15-10-31)71-38-19-22-58-40(24-38)41-16-11-34(29-64(41)43(68)4-2)65-48-32(25-53)26-59-50(54)44(48)46(61-65)30-7-12-35(13-8-30)70-37-17-20-57-21-18-37/h3-4,7-10,12-15,17-22,24,26-27,33-34,41H,1-2,5-6,11,16,23,28-29H2,(H2,54,59)(H2,55,60)(H2,56,69)/t33-,34-,41?/m1/s1. The first kappa shape index (κ1) is 45.3. The molecule has 2 saturated heterocycles. The largest absolute Gasteiger partial charge is 0.457 e. The Labute approximate surface area is 406 Å². The van der Waals surface area contributed by atoms with Crippen LogP contribution in [0.25, 0.3) is 44.3 Å². The van der Waals surface area contributed by atoms with E-state index in [9.17, 15) is 19.6 Å². The minimum Gasteiger partial charge on any atom is -0.457 e. The molecule has 0 radical (unpaired) electrons. The van der Waals surface area contributed by atoms with E-state index in [0.29, 0.717) is 105 Å². The van der Waals surface area contributed by atoms with Crippen LogP contribution >= 0.6 is 0 Å². The molecule has 0 saturated carbocycles. The lowest BCUT2D eigenvalue weighted by molar-refractivity contribution is -0.131. The number of hydrogen-bond donors (Lipinski definition) is 3. The van der Waals surface area contributed by atoms with Crippen LogP contribution < -0.4 is 26.7 Å². The Kier molecular flexibility index (Phi) is 12.1. The molecule has 19 nitrogen and oxygen atoms in total. The van der Waals surface area contributed by atoms with Crippen LogP contribution in [0.2, 0.25) is 0 Å². The molecule has 1 unspecified atom stereocenters. The van der Waals surface area contributed by atoms with Crippen molar-refractivity contribution in [2.24, 2.45) is 5.73 Å². The highest BCUT2D eigenvalue weighted by atomic mass is 16.5. The van der Waals surface area contributed by atoms with Gasteiger partial charge in [-0.2, -0.15) is 15.5 Å². The number of piperidine rings is 2. The smallest absolute Gasteiger partial charge is 0.252 e. The van der Waals surface area contributed by atoms with Gasteiger partial charge in [0.05, 0.1) is 56.8 Å². The average Bonchev–Trinajstić information content (AvgIpc) is 4.01. The number of nitrogens with two attached hydrogens (primary N) is 3. The summed E-state index contributed by atoms with van der Waals surface area (Å²) in [6, 6.07) is 22.9. The quantitative estimate of drug-likeness (QED) is 0.100. The van der Waals surface area contributed by atoms with E-state index < -0.39 is 11.9 Å². The molecule has 2 aromatic carbocycles. The summed E-state index contributed by atoms with van der Waals surface area (Å²) >= 11 is 0. The normalized spacial score (nSPS) is 16.9. The lowest BCUT2D eigenvalue weighted by Gasteiger charge is -2.39. The Bertz CT molecular complexity index is 3440. The zero-order chi connectivity index (χ0) is 49.3. The van der Waals surface area contributed by atoms with Gasteiger partial charge in [0.15, 0.2) is 0 Å². The zero-order valence-corrected chi connectivity index (χ0v) is 38.3. The van der Waals surface area contributed by atoms with Gasteiger partial charge >= 0.3 is 0 Å². The van der Waals surface area contributed by atoms with Gasteiger partial charge < -0.3 is 36.5 Å². The van der Waals surface area contributed by atoms with Crippen molar-refractivity contribution in [1.29, 1.82) is 5.26 Å². The molecule has 3 atom stereocenters. The summed E-state index contributed by atoms with van der Waals surface area (Å²) in [6.07, 6.45) is 12.8. The second-order valence-corrected chi connectivity index (χ2v) is 17.2. The van der Waals surface area contributed by atoms with Gasteiger partial charge in [0.1, 0.15) is 52.1 Å². The molecule has 3 amide bonds. The van der Waals surface area contributed by atoms with Crippen molar-refractivity contribution in [2.75, 3.05) is 31.1 Å². The van der Waals surface area contributed by atoms with Gasteiger partial charge in [0, 0.05) is 67.8 Å². The Hall–Kier alpha value is -9.44. The van der Waals surface area contributed by atoms with Crippen LogP contribution in [0.3, 0.4) is 0 Å². The third kappa shape index (κ3) is 8.58. The number of carbonyl (C=O) groups excluding carboxylic acids is 3. The number of anilines is 2. The Morgan fingerprint density at radius 2 is 1.27 bits per heavy atom. The van der Waals surface area contributed by atoms with Crippen molar-refractivity contribution in [3.63, 3.8) is 0 Å². The number of pyridine rings is 4. The van der Waals surface area contributed by atoms with E-state index in [-0.39, 0.29) is 47.6 Å². The average molecular weight is 947 g/mol. The van der Waals surface area contributed by atoms with Crippen molar-refractivity contribution in [3.05, 3.63) is 146 Å². The van der Waals surface area contributed by atoms with Gasteiger partial charge in [-0.3, -0.25) is 33.7 Å². The molecule has 19 heteroatoms. The summed E-state index contributed by atoms with van der Waals surface area (Å²) in [5, 5.41) is 21.4. The van der Waals surface area contributed by atoms with E-state index in [0.717, 1.165) is 12.0 Å². The monoisotopic (exact) mass is 946 g/mol. The van der Waals surface area contributed by atoms with E-state index >= 15 is 0 Å². The van der Waals surface area contributed by atoms with Crippen LogP contribution in [0.4, 0.5) is 11.6 Å². The number of carbonyl (C=O) groups is 3. The summed E-state index contributed by atoms with van der Waals surface area (Å²) in [6.45, 7) is 8.62. The zero-order valence-electron chi connectivity index (χ0n) is 38.3. The first-order valence-corrected chi connectivity index (χ1v) is 22.8.